The first-order valence-corrected chi connectivity index (χ1v) is 10.3. The summed E-state index contributed by atoms with van der Waals surface area (Å²) in [6, 6.07) is 0. The summed E-state index contributed by atoms with van der Waals surface area (Å²) in [7, 11) is 8.81. The van der Waals surface area contributed by atoms with Gasteiger partial charge in [-0.25, -0.2) is 0 Å². The van der Waals surface area contributed by atoms with Crippen LogP contribution in [0.5, 0.6) is 0 Å². The van der Waals surface area contributed by atoms with Crippen LogP contribution in [0.4, 0.5) is 0 Å². The number of hydrogen-bond acceptors (Lipinski definition) is 5. The quantitative estimate of drug-likeness (QED) is 0.235. The summed E-state index contributed by atoms with van der Waals surface area (Å²) < 4.78 is 28.4. The zero-order valence-corrected chi connectivity index (χ0v) is 18.6. The van der Waals surface area contributed by atoms with Crippen molar-refractivity contribution in [3.05, 3.63) is 12.7 Å². The lowest BCUT2D eigenvalue weighted by molar-refractivity contribution is -0.0425. The second-order valence-corrected chi connectivity index (χ2v) is 7.25. The molecule has 0 aromatic heterocycles. The van der Waals surface area contributed by atoms with Crippen LogP contribution >= 0.6 is 0 Å². The minimum Gasteiger partial charge on any atom is -0.381 e. The molecule has 0 fully saturated rings. The van der Waals surface area contributed by atoms with Crippen molar-refractivity contribution >= 4 is 0 Å². The Bertz CT molecular complexity index is 337. The van der Waals surface area contributed by atoms with Gasteiger partial charge in [-0.3, -0.25) is 0 Å². The van der Waals surface area contributed by atoms with Crippen molar-refractivity contribution in [1.82, 2.24) is 0 Å². The Labute approximate surface area is 167 Å². The van der Waals surface area contributed by atoms with Gasteiger partial charge in [0.25, 0.3) is 0 Å². The minimum absolute atomic E-state index is 0.0780. The van der Waals surface area contributed by atoms with Gasteiger partial charge in [0.1, 0.15) is 0 Å². The van der Waals surface area contributed by atoms with E-state index >= 15 is 0 Å². The maximum atomic E-state index is 5.74. The van der Waals surface area contributed by atoms with Gasteiger partial charge in [0.05, 0.1) is 30.5 Å². The summed E-state index contributed by atoms with van der Waals surface area (Å²) >= 11 is 0. The van der Waals surface area contributed by atoms with Crippen LogP contribution in [0.3, 0.4) is 0 Å². The summed E-state index contributed by atoms with van der Waals surface area (Å²) in [6.45, 7) is 6.02. The van der Waals surface area contributed by atoms with E-state index in [1.165, 1.54) is 19.3 Å². The lowest BCUT2D eigenvalue weighted by atomic mass is 9.96. The third-order valence-corrected chi connectivity index (χ3v) is 5.33. The Balaban J connectivity index is 4.62. The number of rotatable bonds is 19. The lowest BCUT2D eigenvalue weighted by Crippen LogP contribution is -2.31. The monoisotopic (exact) mass is 388 g/mol. The Hall–Kier alpha value is -0.460. The molecule has 27 heavy (non-hydrogen) atoms. The molecule has 5 nitrogen and oxygen atoms in total. The molecule has 0 aliphatic rings. The Morgan fingerprint density at radius 3 is 1.41 bits per heavy atom. The third kappa shape index (κ3) is 12.6. The van der Waals surface area contributed by atoms with Gasteiger partial charge in [-0.2, -0.15) is 0 Å². The molecule has 0 heterocycles. The fraction of sp³-hybridized carbons (Fsp3) is 0.909. The number of methoxy groups -OCH3 is 5. The predicted molar refractivity (Wildman–Crippen MR) is 111 cm³/mol. The molecule has 0 saturated heterocycles. The van der Waals surface area contributed by atoms with Gasteiger partial charge in [0.2, 0.25) is 0 Å². The fourth-order valence-electron chi connectivity index (χ4n) is 3.47. The topological polar surface area (TPSA) is 46.2 Å². The zero-order valence-electron chi connectivity index (χ0n) is 18.6. The van der Waals surface area contributed by atoms with Gasteiger partial charge in [0.15, 0.2) is 0 Å². The minimum atomic E-state index is 0.0780. The Morgan fingerprint density at radius 1 is 0.630 bits per heavy atom. The van der Waals surface area contributed by atoms with Gasteiger partial charge in [-0.1, -0.05) is 32.3 Å². The maximum absolute atomic E-state index is 5.74. The van der Waals surface area contributed by atoms with Crippen LogP contribution in [0.2, 0.25) is 0 Å². The average Bonchev–Trinajstić information content (AvgIpc) is 2.70. The highest BCUT2D eigenvalue weighted by atomic mass is 16.5. The second kappa shape index (κ2) is 17.6. The summed E-state index contributed by atoms with van der Waals surface area (Å²) in [4.78, 5) is 0. The number of unbranched alkanes of at least 4 members (excludes halogenated alkanes) is 2. The van der Waals surface area contributed by atoms with Gasteiger partial charge in [-0.05, 0) is 32.1 Å². The molecular formula is C22H44O5. The summed E-state index contributed by atoms with van der Waals surface area (Å²) in [5, 5.41) is 0. The predicted octanol–water partition coefficient (Wildman–Crippen LogP) is 4.78. The molecule has 0 N–H and O–H groups in total. The normalized spacial score (nSPS) is 17.3. The summed E-state index contributed by atoms with van der Waals surface area (Å²) in [6.07, 6.45) is 11.5. The van der Waals surface area contributed by atoms with Crippen LogP contribution in [0, 0.1) is 0 Å². The molecule has 162 valence electrons. The molecule has 5 unspecified atom stereocenters. The van der Waals surface area contributed by atoms with E-state index in [1.807, 2.05) is 6.08 Å². The molecule has 0 rings (SSSR count). The highest BCUT2D eigenvalue weighted by Crippen LogP contribution is 2.22. The summed E-state index contributed by atoms with van der Waals surface area (Å²) in [5.41, 5.74) is 0. The SMILES string of the molecule is C=CCC(CC(CC(CC(CC(CCCCC)OC)OC)OC)OC)OC. The van der Waals surface area contributed by atoms with Crippen molar-refractivity contribution in [1.29, 1.82) is 0 Å². The molecule has 0 aromatic rings. The fourth-order valence-corrected chi connectivity index (χ4v) is 3.47. The van der Waals surface area contributed by atoms with Crippen LogP contribution in [-0.4, -0.2) is 66.1 Å². The van der Waals surface area contributed by atoms with Crippen molar-refractivity contribution in [2.75, 3.05) is 35.5 Å². The molecule has 0 saturated carbocycles. The van der Waals surface area contributed by atoms with E-state index in [2.05, 4.69) is 13.5 Å². The van der Waals surface area contributed by atoms with Crippen LogP contribution in [0.1, 0.15) is 64.7 Å². The zero-order chi connectivity index (χ0) is 20.5. The van der Waals surface area contributed by atoms with Gasteiger partial charge >= 0.3 is 0 Å². The first-order valence-electron chi connectivity index (χ1n) is 10.3. The van der Waals surface area contributed by atoms with E-state index in [4.69, 9.17) is 23.7 Å². The highest BCUT2D eigenvalue weighted by molar-refractivity contribution is 4.79. The maximum Gasteiger partial charge on any atom is 0.0630 e. The molecule has 0 spiro atoms. The van der Waals surface area contributed by atoms with Gasteiger partial charge < -0.3 is 23.7 Å². The number of hydrogen-bond donors (Lipinski definition) is 0. The van der Waals surface area contributed by atoms with Gasteiger partial charge in [0, 0.05) is 42.0 Å². The highest BCUT2D eigenvalue weighted by Gasteiger charge is 2.24. The average molecular weight is 389 g/mol. The molecule has 0 radical (unpaired) electrons. The molecule has 0 aliphatic heterocycles. The lowest BCUT2D eigenvalue weighted by Gasteiger charge is -2.28. The van der Waals surface area contributed by atoms with Crippen LogP contribution in [0.15, 0.2) is 12.7 Å². The van der Waals surface area contributed by atoms with Crippen LogP contribution in [-0.2, 0) is 23.7 Å². The largest absolute Gasteiger partial charge is 0.381 e. The van der Waals surface area contributed by atoms with Crippen molar-refractivity contribution in [2.45, 2.75) is 95.2 Å². The molecule has 0 bridgehead atoms. The van der Waals surface area contributed by atoms with E-state index in [0.717, 1.165) is 38.5 Å². The molecule has 0 aromatic carbocycles. The second-order valence-electron chi connectivity index (χ2n) is 7.25. The van der Waals surface area contributed by atoms with Crippen LogP contribution in [0.25, 0.3) is 0 Å². The Kier molecular flexibility index (Phi) is 17.3. The molecule has 5 heteroatoms. The number of ether oxygens (including phenoxy) is 5. The van der Waals surface area contributed by atoms with Crippen molar-refractivity contribution in [2.24, 2.45) is 0 Å². The molecular weight excluding hydrogens is 344 g/mol. The van der Waals surface area contributed by atoms with E-state index in [0.29, 0.717) is 0 Å². The van der Waals surface area contributed by atoms with E-state index in [9.17, 15) is 0 Å². The Morgan fingerprint density at radius 2 is 1.04 bits per heavy atom. The van der Waals surface area contributed by atoms with E-state index in [1.54, 1.807) is 35.5 Å². The van der Waals surface area contributed by atoms with E-state index in [-0.39, 0.29) is 30.5 Å². The van der Waals surface area contributed by atoms with Crippen LogP contribution < -0.4 is 0 Å². The first-order chi connectivity index (χ1) is 13.1. The van der Waals surface area contributed by atoms with Gasteiger partial charge in [-0.15, -0.1) is 6.58 Å². The van der Waals surface area contributed by atoms with Crippen molar-refractivity contribution in [3.8, 4) is 0 Å². The molecule has 0 aliphatic carbocycles. The third-order valence-electron chi connectivity index (χ3n) is 5.33. The summed E-state index contributed by atoms with van der Waals surface area (Å²) in [5.74, 6) is 0. The van der Waals surface area contributed by atoms with Crippen molar-refractivity contribution < 1.29 is 23.7 Å². The van der Waals surface area contributed by atoms with Crippen molar-refractivity contribution in [3.63, 3.8) is 0 Å². The first kappa shape index (κ1) is 26.5. The van der Waals surface area contributed by atoms with E-state index < -0.39 is 0 Å². The molecule has 5 atom stereocenters. The standard InChI is InChI=1S/C22H44O5/c1-8-10-11-13-19(24-4)15-21(26-6)17-22(27-7)16-20(25-5)14-18(23-3)12-9-2/h9,18-22H,2,8,10-17H2,1,3-7H3. The molecule has 0 amide bonds. The smallest absolute Gasteiger partial charge is 0.0630 e.